The molecule has 2 aromatic carbocycles. The lowest BCUT2D eigenvalue weighted by molar-refractivity contribution is -0.290. The van der Waals surface area contributed by atoms with Crippen LogP contribution in [-0.4, -0.2) is 34.4 Å². The predicted molar refractivity (Wildman–Crippen MR) is 105 cm³/mol. The summed E-state index contributed by atoms with van der Waals surface area (Å²) in [6.07, 6.45) is -2.89. The molecule has 2 atom stereocenters. The first kappa shape index (κ1) is 23.9. The number of alkyl halides is 5. The first-order valence-electron chi connectivity index (χ1n) is 9.92. The van der Waals surface area contributed by atoms with Gasteiger partial charge >= 0.3 is 17.8 Å². The van der Waals surface area contributed by atoms with Crippen LogP contribution in [-0.2, 0) is 10.3 Å². The van der Waals surface area contributed by atoms with Crippen molar-refractivity contribution in [2.75, 3.05) is 13.2 Å². The van der Waals surface area contributed by atoms with Gasteiger partial charge in [-0.3, -0.25) is 9.13 Å². The summed E-state index contributed by atoms with van der Waals surface area (Å²) in [4.78, 5) is 13.0. The highest BCUT2D eigenvalue weighted by Gasteiger charge is 2.58. The summed E-state index contributed by atoms with van der Waals surface area (Å²) >= 11 is 0. The number of nitrogens with zero attached hydrogens (tertiary/aromatic N) is 2. The van der Waals surface area contributed by atoms with E-state index in [9.17, 15) is 35.5 Å². The SMILES string of the molecule is C[C@@H](n1ccn(-c2ccc(OCC(F)(F)C(F)(F)F)cc2)c1=O)[C@@]1(c2ccc(F)cc2F)CO1. The first-order valence-corrected chi connectivity index (χ1v) is 9.92. The van der Waals surface area contributed by atoms with Crippen LogP contribution in [0.15, 0.2) is 59.7 Å². The van der Waals surface area contributed by atoms with Crippen molar-refractivity contribution in [2.45, 2.75) is 30.7 Å². The molecular weight excluding hydrogens is 473 g/mol. The van der Waals surface area contributed by atoms with E-state index in [-0.39, 0.29) is 23.6 Å². The molecule has 1 aromatic heterocycles. The van der Waals surface area contributed by atoms with Gasteiger partial charge in [-0.2, -0.15) is 22.0 Å². The van der Waals surface area contributed by atoms with Crippen LogP contribution >= 0.6 is 0 Å². The van der Waals surface area contributed by atoms with Gasteiger partial charge in [0.15, 0.2) is 6.61 Å². The Morgan fingerprint density at radius 2 is 1.71 bits per heavy atom. The summed E-state index contributed by atoms with van der Waals surface area (Å²) in [6.45, 7) is -0.131. The minimum Gasteiger partial charge on any atom is -0.487 e. The number of imidazole rings is 1. The van der Waals surface area contributed by atoms with Crippen LogP contribution in [0.1, 0.15) is 18.5 Å². The number of ether oxygens (including phenoxy) is 2. The second kappa shape index (κ2) is 8.19. The van der Waals surface area contributed by atoms with E-state index < -0.39 is 47.7 Å². The Labute approximate surface area is 187 Å². The number of benzene rings is 2. The highest BCUT2D eigenvalue weighted by Crippen LogP contribution is 2.48. The van der Waals surface area contributed by atoms with Crippen LogP contribution in [0.5, 0.6) is 5.75 Å². The molecule has 0 amide bonds. The lowest BCUT2D eigenvalue weighted by Gasteiger charge is -2.22. The van der Waals surface area contributed by atoms with Crippen LogP contribution in [0.2, 0.25) is 0 Å². The number of hydrogen-bond donors (Lipinski definition) is 0. The fourth-order valence-corrected chi connectivity index (χ4v) is 3.60. The van der Waals surface area contributed by atoms with Gasteiger partial charge in [0.1, 0.15) is 23.0 Å². The molecule has 1 aliphatic heterocycles. The predicted octanol–water partition coefficient (Wildman–Crippen LogP) is 4.98. The zero-order valence-electron chi connectivity index (χ0n) is 17.5. The standard InChI is InChI=1S/C22H17F7N2O3/c1-13(20(11-34-20)17-7-2-14(23)10-18(17)24)30-8-9-31(19(30)32)15-3-5-16(6-4-15)33-12-21(25,26)22(27,28)29/h2-10,13H,11-12H2,1H3/t13-,20-/m1/s1. The lowest BCUT2D eigenvalue weighted by Crippen LogP contribution is -2.41. The highest BCUT2D eigenvalue weighted by molar-refractivity contribution is 5.38. The molecule has 0 unspecified atom stereocenters. The van der Waals surface area contributed by atoms with E-state index in [1.807, 2.05) is 0 Å². The van der Waals surface area contributed by atoms with Crippen molar-refractivity contribution in [1.82, 2.24) is 9.13 Å². The minimum atomic E-state index is -5.74. The van der Waals surface area contributed by atoms with E-state index in [2.05, 4.69) is 4.74 Å². The molecule has 1 saturated heterocycles. The maximum atomic E-state index is 14.3. The molecule has 2 heterocycles. The second-order valence-electron chi connectivity index (χ2n) is 7.82. The van der Waals surface area contributed by atoms with Gasteiger partial charge in [0.25, 0.3) is 0 Å². The number of rotatable bonds is 7. The highest BCUT2D eigenvalue weighted by atomic mass is 19.4. The summed E-state index contributed by atoms with van der Waals surface area (Å²) < 4.78 is 103. The summed E-state index contributed by atoms with van der Waals surface area (Å²) in [5.74, 6) is -6.81. The maximum Gasteiger partial charge on any atom is 0.456 e. The molecule has 0 saturated carbocycles. The summed E-state index contributed by atoms with van der Waals surface area (Å²) in [5.41, 5.74) is -1.31. The molecule has 34 heavy (non-hydrogen) atoms. The smallest absolute Gasteiger partial charge is 0.456 e. The first-order chi connectivity index (χ1) is 15.9. The molecule has 12 heteroatoms. The molecule has 182 valence electrons. The van der Waals surface area contributed by atoms with Crippen molar-refractivity contribution in [3.05, 3.63) is 82.5 Å². The van der Waals surface area contributed by atoms with Gasteiger partial charge in [0.05, 0.1) is 18.3 Å². The largest absolute Gasteiger partial charge is 0.487 e. The third kappa shape index (κ3) is 4.17. The third-order valence-electron chi connectivity index (χ3n) is 5.69. The summed E-state index contributed by atoms with van der Waals surface area (Å²) in [6, 6.07) is 7.32. The third-order valence-corrected chi connectivity index (χ3v) is 5.69. The average molecular weight is 490 g/mol. The molecule has 0 radical (unpaired) electrons. The number of aromatic nitrogens is 2. The van der Waals surface area contributed by atoms with Gasteiger partial charge in [-0.15, -0.1) is 0 Å². The lowest BCUT2D eigenvalue weighted by atomic mass is 9.92. The monoisotopic (exact) mass is 490 g/mol. The maximum absolute atomic E-state index is 14.3. The Bertz CT molecular complexity index is 1240. The molecule has 0 N–H and O–H groups in total. The van der Waals surface area contributed by atoms with Crippen molar-refractivity contribution >= 4 is 0 Å². The Morgan fingerprint density at radius 3 is 2.26 bits per heavy atom. The van der Waals surface area contributed by atoms with Crippen molar-refractivity contribution in [3.8, 4) is 11.4 Å². The van der Waals surface area contributed by atoms with Gasteiger partial charge in [-0.1, -0.05) is 6.07 Å². The van der Waals surface area contributed by atoms with Crippen LogP contribution in [0.25, 0.3) is 5.69 Å². The van der Waals surface area contributed by atoms with Crippen LogP contribution in [0.3, 0.4) is 0 Å². The summed E-state index contributed by atoms with van der Waals surface area (Å²) in [5, 5.41) is 0. The molecule has 4 rings (SSSR count). The quantitative estimate of drug-likeness (QED) is 0.347. The van der Waals surface area contributed by atoms with Crippen molar-refractivity contribution in [1.29, 1.82) is 0 Å². The summed E-state index contributed by atoms with van der Waals surface area (Å²) in [7, 11) is 0. The van der Waals surface area contributed by atoms with Crippen molar-refractivity contribution < 1.29 is 40.2 Å². The Morgan fingerprint density at radius 1 is 1.06 bits per heavy atom. The Balaban J connectivity index is 1.53. The van der Waals surface area contributed by atoms with Crippen molar-refractivity contribution in [3.63, 3.8) is 0 Å². The molecular formula is C22H17F7N2O3. The van der Waals surface area contributed by atoms with Crippen LogP contribution in [0, 0.1) is 11.6 Å². The molecule has 0 aliphatic carbocycles. The van der Waals surface area contributed by atoms with Crippen LogP contribution in [0.4, 0.5) is 30.7 Å². The van der Waals surface area contributed by atoms with Gasteiger partial charge in [-0.05, 0) is 37.3 Å². The van der Waals surface area contributed by atoms with Gasteiger partial charge in [-0.25, -0.2) is 13.6 Å². The van der Waals surface area contributed by atoms with E-state index >= 15 is 0 Å². The zero-order chi connectivity index (χ0) is 24.9. The normalized spacial score (nSPS) is 19.2. The molecule has 1 aliphatic rings. The van der Waals surface area contributed by atoms with Crippen molar-refractivity contribution in [2.24, 2.45) is 0 Å². The Hall–Kier alpha value is -3.28. The molecule has 0 bridgehead atoms. The zero-order valence-corrected chi connectivity index (χ0v) is 17.5. The fourth-order valence-electron chi connectivity index (χ4n) is 3.60. The number of epoxide rings is 1. The topological polar surface area (TPSA) is 48.7 Å². The second-order valence-corrected chi connectivity index (χ2v) is 7.82. The fraction of sp³-hybridized carbons (Fsp3) is 0.318. The Kier molecular flexibility index (Phi) is 5.75. The minimum absolute atomic E-state index is 0.109. The molecule has 0 spiro atoms. The van der Waals surface area contributed by atoms with Gasteiger partial charge in [0.2, 0.25) is 0 Å². The van der Waals surface area contributed by atoms with Gasteiger partial charge in [0, 0.05) is 24.0 Å². The molecule has 5 nitrogen and oxygen atoms in total. The van der Waals surface area contributed by atoms with Gasteiger partial charge < -0.3 is 9.47 Å². The number of halogens is 7. The molecule has 3 aromatic rings. The van der Waals surface area contributed by atoms with E-state index in [0.717, 1.165) is 24.3 Å². The van der Waals surface area contributed by atoms with E-state index in [1.165, 1.54) is 39.7 Å². The average Bonchev–Trinajstić information content (AvgIpc) is 3.47. The van der Waals surface area contributed by atoms with Crippen LogP contribution < -0.4 is 10.4 Å². The number of hydrogen-bond acceptors (Lipinski definition) is 3. The van der Waals surface area contributed by atoms with E-state index in [4.69, 9.17) is 4.74 Å². The van der Waals surface area contributed by atoms with E-state index in [1.54, 1.807) is 6.92 Å². The van der Waals surface area contributed by atoms with E-state index in [0.29, 0.717) is 0 Å². The molecule has 1 fully saturated rings.